The van der Waals surface area contributed by atoms with E-state index in [-0.39, 0.29) is 18.2 Å². The molecule has 2 amide bonds. The summed E-state index contributed by atoms with van der Waals surface area (Å²) in [5.41, 5.74) is 2.60. The highest BCUT2D eigenvalue weighted by atomic mass is 16.5. The van der Waals surface area contributed by atoms with Gasteiger partial charge in [0.25, 0.3) is 0 Å². The first kappa shape index (κ1) is 28.1. The molecule has 216 valence electrons. The SMILES string of the molecule is COc1ccc([C@H]2[C@@H](C(=O)N3CCN(c4ccccc4)CC3)CCC(=O)N2c2cc(OC)c(OC)c(OC)c2)cc1. The molecule has 9 heteroatoms. The number of rotatable bonds is 8. The second-order valence-electron chi connectivity index (χ2n) is 10.2. The number of piperidine rings is 1. The summed E-state index contributed by atoms with van der Waals surface area (Å²) in [6.07, 6.45) is 0.720. The van der Waals surface area contributed by atoms with Crippen LogP contribution in [0.1, 0.15) is 24.4 Å². The van der Waals surface area contributed by atoms with Crippen LogP contribution in [-0.4, -0.2) is 71.3 Å². The number of anilines is 2. The van der Waals surface area contributed by atoms with Crippen LogP contribution < -0.4 is 28.7 Å². The third kappa shape index (κ3) is 5.62. The average molecular weight is 560 g/mol. The number of hydrogen-bond donors (Lipinski definition) is 0. The van der Waals surface area contributed by atoms with Crippen LogP contribution in [0.3, 0.4) is 0 Å². The van der Waals surface area contributed by atoms with Crippen LogP contribution in [0.25, 0.3) is 0 Å². The summed E-state index contributed by atoms with van der Waals surface area (Å²) in [6.45, 7) is 2.76. The standard InChI is InChI=1S/C32H37N3O6/c1-38-25-12-10-22(11-13-25)30-26(32(37)34-18-16-33(17-19-34)23-8-6-5-7-9-23)14-15-29(36)35(30)24-20-27(39-2)31(41-4)28(21-24)40-3/h5-13,20-21,26,30H,14-19H2,1-4H3/t26-,30-/m0/s1. The van der Waals surface area contributed by atoms with Crippen molar-refractivity contribution in [1.29, 1.82) is 0 Å². The van der Waals surface area contributed by atoms with Gasteiger partial charge < -0.3 is 33.6 Å². The minimum Gasteiger partial charge on any atom is -0.497 e. The summed E-state index contributed by atoms with van der Waals surface area (Å²) in [5.74, 6) is 1.58. The minimum absolute atomic E-state index is 0.0588. The van der Waals surface area contributed by atoms with Gasteiger partial charge in [-0.1, -0.05) is 30.3 Å². The lowest BCUT2D eigenvalue weighted by Gasteiger charge is -2.44. The molecule has 0 aliphatic carbocycles. The molecule has 5 rings (SSSR count). The first-order valence-corrected chi connectivity index (χ1v) is 13.8. The number of amides is 2. The van der Waals surface area contributed by atoms with Gasteiger partial charge in [0, 0.05) is 50.4 Å². The molecule has 0 spiro atoms. The molecule has 41 heavy (non-hydrogen) atoms. The summed E-state index contributed by atoms with van der Waals surface area (Å²) >= 11 is 0. The van der Waals surface area contributed by atoms with Crippen molar-refractivity contribution < 1.29 is 28.5 Å². The van der Waals surface area contributed by atoms with Crippen molar-refractivity contribution in [2.75, 3.05) is 64.4 Å². The van der Waals surface area contributed by atoms with E-state index in [0.717, 1.165) is 24.3 Å². The molecule has 2 atom stereocenters. The van der Waals surface area contributed by atoms with Crippen molar-refractivity contribution in [2.45, 2.75) is 18.9 Å². The van der Waals surface area contributed by atoms with Gasteiger partial charge in [-0.3, -0.25) is 9.59 Å². The van der Waals surface area contributed by atoms with E-state index in [1.54, 1.807) is 45.5 Å². The lowest BCUT2D eigenvalue weighted by atomic mass is 9.82. The molecule has 2 saturated heterocycles. The number of benzene rings is 3. The van der Waals surface area contributed by atoms with E-state index in [1.807, 2.05) is 47.4 Å². The Morgan fingerprint density at radius 1 is 0.756 bits per heavy atom. The van der Waals surface area contributed by atoms with E-state index in [4.69, 9.17) is 18.9 Å². The largest absolute Gasteiger partial charge is 0.497 e. The average Bonchev–Trinajstić information content (AvgIpc) is 3.04. The zero-order valence-corrected chi connectivity index (χ0v) is 24.0. The van der Waals surface area contributed by atoms with Crippen LogP contribution in [0, 0.1) is 5.92 Å². The van der Waals surface area contributed by atoms with Gasteiger partial charge in [-0.2, -0.15) is 0 Å². The molecule has 3 aromatic carbocycles. The molecule has 0 N–H and O–H groups in total. The molecular weight excluding hydrogens is 522 g/mol. The van der Waals surface area contributed by atoms with Gasteiger partial charge in [-0.05, 0) is 36.2 Å². The number of para-hydroxylation sites is 1. The number of piperazine rings is 1. The molecule has 0 bridgehead atoms. The summed E-state index contributed by atoms with van der Waals surface area (Å²) in [6, 6.07) is 20.9. The topological polar surface area (TPSA) is 80.8 Å². The van der Waals surface area contributed by atoms with Crippen LogP contribution >= 0.6 is 0 Å². The minimum atomic E-state index is -0.524. The molecule has 0 radical (unpaired) electrons. The van der Waals surface area contributed by atoms with Crippen molar-refractivity contribution in [2.24, 2.45) is 5.92 Å². The third-order valence-corrected chi connectivity index (χ3v) is 8.01. The van der Waals surface area contributed by atoms with Gasteiger partial charge in [0.2, 0.25) is 17.6 Å². The lowest BCUT2D eigenvalue weighted by Crippen LogP contribution is -2.54. The summed E-state index contributed by atoms with van der Waals surface area (Å²) in [5, 5.41) is 0. The maximum Gasteiger partial charge on any atom is 0.228 e. The number of hydrogen-bond acceptors (Lipinski definition) is 7. The number of carbonyl (C=O) groups excluding carboxylic acids is 2. The van der Waals surface area contributed by atoms with E-state index in [2.05, 4.69) is 17.0 Å². The Labute approximate surface area is 241 Å². The quantitative estimate of drug-likeness (QED) is 0.401. The lowest BCUT2D eigenvalue weighted by molar-refractivity contribution is -0.138. The summed E-state index contributed by atoms with van der Waals surface area (Å²) in [4.78, 5) is 33.8. The maximum atomic E-state index is 14.2. The Balaban J connectivity index is 1.50. The van der Waals surface area contributed by atoms with E-state index in [0.29, 0.717) is 48.2 Å². The highest BCUT2D eigenvalue weighted by Gasteiger charge is 2.43. The molecule has 2 aliphatic rings. The van der Waals surface area contributed by atoms with Crippen molar-refractivity contribution >= 4 is 23.2 Å². The van der Waals surface area contributed by atoms with Gasteiger partial charge in [0.1, 0.15) is 5.75 Å². The van der Waals surface area contributed by atoms with Crippen molar-refractivity contribution in [3.63, 3.8) is 0 Å². The van der Waals surface area contributed by atoms with E-state index < -0.39 is 12.0 Å². The Morgan fingerprint density at radius 2 is 1.39 bits per heavy atom. The fraction of sp³-hybridized carbons (Fsp3) is 0.375. The predicted molar refractivity (Wildman–Crippen MR) is 157 cm³/mol. The van der Waals surface area contributed by atoms with E-state index in [1.165, 1.54) is 0 Å². The number of ether oxygens (including phenoxy) is 4. The second-order valence-corrected chi connectivity index (χ2v) is 10.2. The number of carbonyl (C=O) groups is 2. The number of nitrogens with zero attached hydrogens (tertiary/aromatic N) is 3. The van der Waals surface area contributed by atoms with E-state index >= 15 is 0 Å². The van der Waals surface area contributed by atoms with Gasteiger partial charge in [-0.25, -0.2) is 0 Å². The normalized spacial score (nSPS) is 19.1. The Bertz CT molecular complexity index is 1330. The molecule has 9 nitrogen and oxygen atoms in total. The third-order valence-electron chi connectivity index (χ3n) is 8.01. The molecule has 2 heterocycles. The maximum absolute atomic E-state index is 14.2. The zero-order chi connectivity index (χ0) is 28.9. The fourth-order valence-corrected chi connectivity index (χ4v) is 5.90. The smallest absolute Gasteiger partial charge is 0.228 e. The molecule has 2 fully saturated rings. The zero-order valence-electron chi connectivity index (χ0n) is 24.0. The highest BCUT2D eigenvalue weighted by molar-refractivity contribution is 5.98. The first-order valence-electron chi connectivity index (χ1n) is 13.8. The van der Waals surface area contributed by atoms with E-state index in [9.17, 15) is 9.59 Å². The van der Waals surface area contributed by atoms with Crippen LogP contribution in [0.2, 0.25) is 0 Å². The Kier molecular flexibility index (Phi) is 8.52. The highest BCUT2D eigenvalue weighted by Crippen LogP contribution is 2.46. The van der Waals surface area contributed by atoms with Crippen LogP contribution in [0.4, 0.5) is 11.4 Å². The second kappa shape index (κ2) is 12.4. The summed E-state index contributed by atoms with van der Waals surface area (Å²) < 4.78 is 22.1. The first-order chi connectivity index (χ1) is 20.0. The molecule has 0 saturated carbocycles. The Morgan fingerprint density at radius 3 is 1.95 bits per heavy atom. The van der Waals surface area contributed by atoms with Gasteiger partial charge in [0.05, 0.1) is 46.1 Å². The van der Waals surface area contributed by atoms with Gasteiger partial charge >= 0.3 is 0 Å². The molecular formula is C32H37N3O6. The molecule has 0 unspecified atom stereocenters. The Hall–Kier alpha value is -4.40. The van der Waals surface area contributed by atoms with Gasteiger partial charge in [-0.15, -0.1) is 0 Å². The summed E-state index contributed by atoms with van der Waals surface area (Å²) in [7, 11) is 6.24. The molecule has 3 aromatic rings. The van der Waals surface area contributed by atoms with Crippen LogP contribution in [0.15, 0.2) is 66.7 Å². The van der Waals surface area contributed by atoms with Crippen LogP contribution in [0.5, 0.6) is 23.0 Å². The van der Waals surface area contributed by atoms with Crippen LogP contribution in [-0.2, 0) is 9.59 Å². The predicted octanol–water partition coefficient (Wildman–Crippen LogP) is 4.55. The van der Waals surface area contributed by atoms with Crippen molar-refractivity contribution in [3.05, 3.63) is 72.3 Å². The van der Waals surface area contributed by atoms with Gasteiger partial charge in [0.15, 0.2) is 11.5 Å². The van der Waals surface area contributed by atoms with Crippen molar-refractivity contribution in [3.8, 4) is 23.0 Å². The number of methoxy groups -OCH3 is 4. The van der Waals surface area contributed by atoms with Crippen molar-refractivity contribution in [1.82, 2.24) is 4.90 Å². The molecule has 0 aromatic heterocycles. The monoisotopic (exact) mass is 559 g/mol. The molecule has 2 aliphatic heterocycles. The fourth-order valence-electron chi connectivity index (χ4n) is 5.90.